The first-order valence-corrected chi connectivity index (χ1v) is 7.79. The summed E-state index contributed by atoms with van der Waals surface area (Å²) in [5.41, 5.74) is 6.72. The van der Waals surface area contributed by atoms with Gasteiger partial charge in [-0.3, -0.25) is 0 Å². The summed E-state index contributed by atoms with van der Waals surface area (Å²) in [7, 11) is 0. The van der Waals surface area contributed by atoms with Crippen LogP contribution in [0.3, 0.4) is 0 Å². The van der Waals surface area contributed by atoms with Crippen LogP contribution in [-0.4, -0.2) is 19.2 Å². The molecule has 126 valence electrons. The second-order valence-corrected chi connectivity index (χ2v) is 5.94. The van der Waals surface area contributed by atoms with Crippen LogP contribution in [0.5, 0.6) is 5.75 Å². The number of halogens is 2. The highest BCUT2D eigenvalue weighted by Gasteiger charge is 2.20. The van der Waals surface area contributed by atoms with Crippen LogP contribution in [0, 0.1) is 17.6 Å². The smallest absolute Gasteiger partial charge is 0.409 e. The van der Waals surface area contributed by atoms with Crippen molar-refractivity contribution in [2.45, 2.75) is 12.8 Å². The van der Waals surface area contributed by atoms with Gasteiger partial charge in [-0.1, -0.05) is 18.2 Å². The highest BCUT2D eigenvalue weighted by atomic mass is 19.1. The number of ether oxygens (including phenoxy) is 1. The summed E-state index contributed by atoms with van der Waals surface area (Å²) in [5, 5.41) is 3.28. The van der Waals surface area contributed by atoms with Crippen LogP contribution in [-0.2, 0) is 6.42 Å². The van der Waals surface area contributed by atoms with Crippen molar-refractivity contribution in [3.63, 3.8) is 0 Å². The molecule has 1 amide bonds. The standard InChI is InChI=1S/C18H18F2N2O2/c19-14-7-13(8-15(20)9-14)16-3-1-2-12(17(16)24-18(21)23)6-11-4-5-22-10-11/h1-3,7-9,11,22H,4-6,10H2,(H2,21,23)/t11-/m1/s1. The van der Waals surface area contributed by atoms with E-state index in [4.69, 9.17) is 10.5 Å². The topological polar surface area (TPSA) is 64.4 Å². The van der Waals surface area contributed by atoms with Crippen LogP contribution in [0.2, 0.25) is 0 Å². The lowest BCUT2D eigenvalue weighted by molar-refractivity contribution is 0.210. The average Bonchev–Trinajstić information content (AvgIpc) is 3.00. The molecule has 0 saturated carbocycles. The van der Waals surface area contributed by atoms with E-state index in [0.717, 1.165) is 31.1 Å². The predicted molar refractivity (Wildman–Crippen MR) is 86.7 cm³/mol. The Kier molecular flexibility index (Phi) is 4.76. The van der Waals surface area contributed by atoms with Crippen molar-refractivity contribution < 1.29 is 18.3 Å². The largest absolute Gasteiger partial charge is 0.410 e. The van der Waals surface area contributed by atoms with Gasteiger partial charge in [0, 0.05) is 11.6 Å². The molecule has 1 atom stereocenters. The number of rotatable bonds is 4. The molecule has 1 aliphatic rings. The predicted octanol–water partition coefficient (Wildman–Crippen LogP) is 3.24. The molecule has 0 radical (unpaired) electrons. The van der Waals surface area contributed by atoms with Gasteiger partial charge in [0.15, 0.2) is 0 Å². The summed E-state index contributed by atoms with van der Waals surface area (Å²) in [4.78, 5) is 11.3. The highest BCUT2D eigenvalue weighted by molar-refractivity contribution is 5.77. The monoisotopic (exact) mass is 332 g/mol. The van der Waals surface area contributed by atoms with E-state index in [9.17, 15) is 13.6 Å². The molecule has 3 N–H and O–H groups in total. The van der Waals surface area contributed by atoms with Crippen LogP contribution >= 0.6 is 0 Å². The van der Waals surface area contributed by atoms with E-state index in [0.29, 0.717) is 23.5 Å². The number of amides is 1. The van der Waals surface area contributed by atoms with Crippen LogP contribution in [0.1, 0.15) is 12.0 Å². The third-order valence-electron chi connectivity index (χ3n) is 4.14. The van der Waals surface area contributed by atoms with E-state index in [1.54, 1.807) is 12.1 Å². The summed E-state index contributed by atoms with van der Waals surface area (Å²) in [5.74, 6) is -0.706. The number of nitrogens with two attached hydrogens (primary N) is 1. The Bertz CT molecular complexity index is 738. The summed E-state index contributed by atoms with van der Waals surface area (Å²) in [6.07, 6.45) is 0.765. The quantitative estimate of drug-likeness (QED) is 0.903. The lowest BCUT2D eigenvalue weighted by atomic mass is 9.94. The molecular formula is C18H18F2N2O2. The lowest BCUT2D eigenvalue weighted by Gasteiger charge is -2.16. The van der Waals surface area contributed by atoms with Gasteiger partial charge in [0.2, 0.25) is 0 Å². The van der Waals surface area contributed by atoms with Crippen molar-refractivity contribution >= 4 is 6.09 Å². The molecule has 0 aliphatic carbocycles. The second kappa shape index (κ2) is 6.97. The third kappa shape index (κ3) is 3.71. The minimum atomic E-state index is -0.954. The van der Waals surface area contributed by atoms with Crippen molar-refractivity contribution in [1.82, 2.24) is 5.32 Å². The van der Waals surface area contributed by atoms with Crippen molar-refractivity contribution in [1.29, 1.82) is 0 Å². The SMILES string of the molecule is NC(=O)Oc1c(C[C@H]2CCNC2)cccc1-c1cc(F)cc(F)c1. The van der Waals surface area contributed by atoms with Gasteiger partial charge in [0.25, 0.3) is 0 Å². The van der Waals surface area contributed by atoms with Crippen LogP contribution < -0.4 is 15.8 Å². The maximum Gasteiger partial charge on any atom is 0.409 e. The molecule has 0 aromatic heterocycles. The fraction of sp³-hybridized carbons (Fsp3) is 0.278. The van der Waals surface area contributed by atoms with Gasteiger partial charge in [-0.2, -0.15) is 0 Å². The number of benzene rings is 2. The van der Waals surface area contributed by atoms with Crippen molar-refractivity contribution in [2.24, 2.45) is 11.7 Å². The first-order chi connectivity index (χ1) is 11.5. The minimum Gasteiger partial charge on any atom is -0.410 e. The molecule has 3 rings (SSSR count). The average molecular weight is 332 g/mol. The van der Waals surface area contributed by atoms with Gasteiger partial charge in [-0.15, -0.1) is 0 Å². The van der Waals surface area contributed by atoms with E-state index in [1.807, 2.05) is 6.07 Å². The number of hydrogen-bond donors (Lipinski definition) is 2. The number of carbonyl (C=O) groups excluding carboxylic acids is 1. The van der Waals surface area contributed by atoms with E-state index in [-0.39, 0.29) is 5.75 Å². The molecule has 1 heterocycles. The number of primary amides is 1. The van der Waals surface area contributed by atoms with Gasteiger partial charge in [-0.05, 0) is 55.1 Å². The normalized spacial score (nSPS) is 17.0. The Morgan fingerprint density at radius 3 is 2.62 bits per heavy atom. The first-order valence-electron chi connectivity index (χ1n) is 7.79. The Morgan fingerprint density at radius 2 is 2.00 bits per heavy atom. The summed E-state index contributed by atoms with van der Waals surface area (Å²) < 4.78 is 32.3. The summed E-state index contributed by atoms with van der Waals surface area (Å²) in [6.45, 7) is 1.83. The molecule has 1 saturated heterocycles. The van der Waals surface area contributed by atoms with Gasteiger partial charge in [0.05, 0.1) is 0 Å². The fourth-order valence-electron chi connectivity index (χ4n) is 3.10. The molecule has 2 aromatic rings. The van der Waals surface area contributed by atoms with Gasteiger partial charge < -0.3 is 15.8 Å². The molecule has 1 aliphatic heterocycles. The Labute approximate surface area is 138 Å². The molecule has 4 nitrogen and oxygen atoms in total. The van der Waals surface area contributed by atoms with E-state index in [1.165, 1.54) is 12.1 Å². The van der Waals surface area contributed by atoms with Crippen molar-refractivity contribution in [3.05, 3.63) is 53.6 Å². The molecule has 0 bridgehead atoms. The number of carbonyl (C=O) groups is 1. The zero-order valence-electron chi connectivity index (χ0n) is 13.0. The van der Waals surface area contributed by atoms with Crippen LogP contribution in [0.25, 0.3) is 11.1 Å². The summed E-state index contributed by atoms with van der Waals surface area (Å²) >= 11 is 0. The van der Waals surface area contributed by atoms with E-state index in [2.05, 4.69) is 5.32 Å². The number of para-hydroxylation sites is 1. The Morgan fingerprint density at radius 1 is 1.25 bits per heavy atom. The first kappa shape index (κ1) is 16.4. The van der Waals surface area contributed by atoms with E-state index < -0.39 is 17.7 Å². The highest BCUT2D eigenvalue weighted by Crippen LogP contribution is 2.36. The zero-order chi connectivity index (χ0) is 17.1. The van der Waals surface area contributed by atoms with Crippen LogP contribution in [0.15, 0.2) is 36.4 Å². The fourth-order valence-corrected chi connectivity index (χ4v) is 3.10. The molecular weight excluding hydrogens is 314 g/mol. The van der Waals surface area contributed by atoms with Crippen molar-refractivity contribution in [3.8, 4) is 16.9 Å². The van der Waals surface area contributed by atoms with E-state index >= 15 is 0 Å². The maximum atomic E-state index is 13.6. The molecule has 0 spiro atoms. The zero-order valence-corrected chi connectivity index (χ0v) is 13.0. The van der Waals surface area contributed by atoms with Crippen LogP contribution in [0.4, 0.5) is 13.6 Å². The minimum absolute atomic E-state index is 0.266. The Hall–Kier alpha value is -2.47. The second-order valence-electron chi connectivity index (χ2n) is 5.94. The molecule has 1 fully saturated rings. The molecule has 24 heavy (non-hydrogen) atoms. The summed E-state index contributed by atoms with van der Waals surface area (Å²) in [6, 6.07) is 8.48. The Balaban J connectivity index is 2.05. The molecule has 2 aromatic carbocycles. The number of hydrogen-bond acceptors (Lipinski definition) is 3. The maximum absolute atomic E-state index is 13.6. The third-order valence-corrected chi connectivity index (χ3v) is 4.14. The molecule has 6 heteroatoms. The van der Waals surface area contributed by atoms with Gasteiger partial charge >= 0.3 is 6.09 Å². The van der Waals surface area contributed by atoms with Gasteiger partial charge in [-0.25, -0.2) is 13.6 Å². The number of nitrogens with one attached hydrogen (secondary N) is 1. The van der Waals surface area contributed by atoms with Gasteiger partial charge in [0.1, 0.15) is 17.4 Å². The molecule has 0 unspecified atom stereocenters. The lowest BCUT2D eigenvalue weighted by Crippen LogP contribution is -2.18. The van der Waals surface area contributed by atoms with Crippen molar-refractivity contribution in [2.75, 3.05) is 13.1 Å².